The number of hydrogen-bond acceptors (Lipinski definition) is 3. The number of aryl methyl sites for hydroxylation is 1. The quantitative estimate of drug-likeness (QED) is 0.919. The molecule has 2 amide bonds. The number of urea groups is 1. The maximum Gasteiger partial charge on any atom is 0.316 e. The predicted octanol–water partition coefficient (Wildman–Crippen LogP) is 2.10. The number of fused-ring (bicyclic) bond motifs is 1. The van der Waals surface area contributed by atoms with E-state index in [4.69, 9.17) is 4.74 Å². The average Bonchev–Trinajstić information content (AvgIpc) is 2.95. The van der Waals surface area contributed by atoms with E-state index in [0.29, 0.717) is 18.4 Å². The molecule has 0 spiro atoms. The van der Waals surface area contributed by atoms with E-state index in [1.807, 2.05) is 0 Å². The van der Waals surface area contributed by atoms with E-state index in [1.165, 1.54) is 17.5 Å². The first-order valence-electron chi connectivity index (χ1n) is 8.87. The molecule has 2 aliphatic rings. The van der Waals surface area contributed by atoms with Crippen molar-refractivity contribution in [2.24, 2.45) is 11.8 Å². The highest BCUT2D eigenvalue weighted by atomic mass is 16.5. The molecule has 1 aromatic rings. The summed E-state index contributed by atoms with van der Waals surface area (Å²) in [5.41, 5.74) is 2.70. The van der Waals surface area contributed by atoms with Crippen molar-refractivity contribution in [3.63, 3.8) is 0 Å². The largest absolute Gasteiger partial charge is 0.376 e. The summed E-state index contributed by atoms with van der Waals surface area (Å²) in [6.07, 6.45) is 1.33. The van der Waals surface area contributed by atoms with E-state index in [-0.39, 0.29) is 12.1 Å². The summed E-state index contributed by atoms with van der Waals surface area (Å²) >= 11 is 0. The second-order valence-electron chi connectivity index (χ2n) is 7.39. The van der Waals surface area contributed by atoms with Crippen LogP contribution in [0.1, 0.15) is 17.5 Å². The Morgan fingerprint density at radius 2 is 2.25 bits per heavy atom. The minimum absolute atomic E-state index is 0.0468. The van der Waals surface area contributed by atoms with Crippen LogP contribution in [0.3, 0.4) is 0 Å². The molecule has 5 heteroatoms. The van der Waals surface area contributed by atoms with Gasteiger partial charge in [0.25, 0.3) is 0 Å². The van der Waals surface area contributed by atoms with Crippen LogP contribution < -0.4 is 5.32 Å². The Hall–Kier alpha value is -1.59. The highest BCUT2D eigenvalue weighted by Crippen LogP contribution is 2.34. The van der Waals surface area contributed by atoms with Crippen LogP contribution in [0.15, 0.2) is 24.3 Å². The number of piperidine rings is 1. The molecule has 0 aromatic heterocycles. The summed E-state index contributed by atoms with van der Waals surface area (Å²) in [5, 5.41) is 2.97. The second-order valence-corrected chi connectivity index (χ2v) is 7.39. The molecule has 2 heterocycles. The monoisotopic (exact) mass is 331 g/mol. The van der Waals surface area contributed by atoms with E-state index < -0.39 is 0 Å². The number of nitrogens with one attached hydrogen (secondary N) is 1. The zero-order valence-corrected chi connectivity index (χ0v) is 15.0. The van der Waals surface area contributed by atoms with Gasteiger partial charge in [-0.1, -0.05) is 29.8 Å². The van der Waals surface area contributed by atoms with E-state index in [9.17, 15) is 4.79 Å². The Labute approximate surface area is 145 Å². The fourth-order valence-corrected chi connectivity index (χ4v) is 3.87. The van der Waals surface area contributed by atoms with Crippen molar-refractivity contribution in [1.82, 2.24) is 15.1 Å². The lowest BCUT2D eigenvalue weighted by Gasteiger charge is -2.36. The standard InChI is InChI=1S/C19H29N3O2/c1-14-5-4-6-15(9-14)11-22-8-7-16-13-24-18(17(16)12-22)10-20-19(23)21(2)3/h4-6,9,16-18H,7-8,10-13H2,1-3H3,(H,20,23)/t16-,17-,18+/m1/s1. The Morgan fingerprint density at radius 3 is 3.00 bits per heavy atom. The summed E-state index contributed by atoms with van der Waals surface area (Å²) in [7, 11) is 3.52. The number of amides is 2. The lowest BCUT2D eigenvalue weighted by atomic mass is 9.84. The topological polar surface area (TPSA) is 44.8 Å². The lowest BCUT2D eigenvalue weighted by Crippen LogP contribution is -2.46. The third-order valence-corrected chi connectivity index (χ3v) is 5.24. The average molecular weight is 331 g/mol. The van der Waals surface area contributed by atoms with Gasteiger partial charge in [0, 0.05) is 39.6 Å². The van der Waals surface area contributed by atoms with Crippen LogP contribution >= 0.6 is 0 Å². The summed E-state index contributed by atoms with van der Waals surface area (Å²) in [4.78, 5) is 15.8. The normalized spacial score (nSPS) is 26.9. The van der Waals surface area contributed by atoms with Gasteiger partial charge in [-0.25, -0.2) is 4.79 Å². The van der Waals surface area contributed by atoms with Gasteiger partial charge in [0.05, 0.1) is 12.7 Å². The third-order valence-electron chi connectivity index (χ3n) is 5.24. The number of ether oxygens (including phenoxy) is 1. The molecule has 3 atom stereocenters. The van der Waals surface area contributed by atoms with Crippen LogP contribution in [0.2, 0.25) is 0 Å². The Balaban J connectivity index is 1.56. The summed E-state index contributed by atoms with van der Waals surface area (Å²) in [6, 6.07) is 8.71. The number of hydrogen-bond donors (Lipinski definition) is 1. The number of rotatable bonds is 4. The SMILES string of the molecule is Cc1cccc(CN2CC[C@@H]3CO[C@@H](CNC(=O)N(C)C)[C@@H]3C2)c1. The van der Waals surface area contributed by atoms with Crippen molar-refractivity contribution >= 4 is 6.03 Å². The van der Waals surface area contributed by atoms with Gasteiger partial charge >= 0.3 is 6.03 Å². The fraction of sp³-hybridized carbons (Fsp3) is 0.632. The van der Waals surface area contributed by atoms with E-state index >= 15 is 0 Å². The molecule has 0 radical (unpaired) electrons. The smallest absolute Gasteiger partial charge is 0.316 e. The van der Waals surface area contributed by atoms with Gasteiger partial charge in [-0.3, -0.25) is 4.90 Å². The minimum atomic E-state index is -0.0468. The van der Waals surface area contributed by atoms with Crippen molar-refractivity contribution in [2.75, 3.05) is 40.3 Å². The summed E-state index contributed by atoms with van der Waals surface area (Å²) in [5.74, 6) is 1.16. The molecule has 2 fully saturated rings. The molecule has 0 saturated carbocycles. The maximum absolute atomic E-state index is 11.7. The van der Waals surface area contributed by atoms with Crippen molar-refractivity contribution in [1.29, 1.82) is 0 Å². The maximum atomic E-state index is 11.7. The Kier molecular flexibility index (Phi) is 5.41. The van der Waals surface area contributed by atoms with Crippen molar-refractivity contribution < 1.29 is 9.53 Å². The second kappa shape index (κ2) is 7.53. The van der Waals surface area contributed by atoms with Crippen LogP contribution in [0.4, 0.5) is 4.79 Å². The van der Waals surface area contributed by atoms with Crippen LogP contribution in [-0.4, -0.2) is 62.3 Å². The van der Waals surface area contributed by atoms with Crippen molar-refractivity contribution in [3.8, 4) is 0 Å². The number of benzene rings is 1. The van der Waals surface area contributed by atoms with Crippen LogP contribution in [0, 0.1) is 18.8 Å². The minimum Gasteiger partial charge on any atom is -0.376 e. The number of nitrogens with zero attached hydrogens (tertiary/aromatic N) is 2. The molecular weight excluding hydrogens is 302 g/mol. The Bertz CT molecular complexity index is 575. The molecule has 3 rings (SSSR count). The van der Waals surface area contributed by atoms with Crippen LogP contribution in [-0.2, 0) is 11.3 Å². The van der Waals surface area contributed by atoms with Gasteiger partial charge in [0.1, 0.15) is 0 Å². The zero-order chi connectivity index (χ0) is 17.1. The Morgan fingerprint density at radius 1 is 1.42 bits per heavy atom. The lowest BCUT2D eigenvalue weighted by molar-refractivity contribution is 0.0744. The van der Waals surface area contributed by atoms with Gasteiger partial charge in [0.15, 0.2) is 0 Å². The van der Waals surface area contributed by atoms with Crippen LogP contribution in [0.5, 0.6) is 0 Å². The van der Waals surface area contributed by atoms with E-state index in [2.05, 4.69) is 41.4 Å². The highest BCUT2D eigenvalue weighted by Gasteiger charge is 2.40. The molecule has 2 saturated heterocycles. The van der Waals surface area contributed by atoms with Crippen molar-refractivity contribution in [2.45, 2.75) is 26.0 Å². The molecule has 5 nitrogen and oxygen atoms in total. The molecule has 24 heavy (non-hydrogen) atoms. The molecule has 0 bridgehead atoms. The molecule has 1 aromatic carbocycles. The molecular formula is C19H29N3O2. The molecule has 132 valence electrons. The molecule has 1 N–H and O–H groups in total. The molecule has 0 unspecified atom stereocenters. The molecule has 2 aliphatic heterocycles. The highest BCUT2D eigenvalue weighted by molar-refractivity contribution is 5.73. The first-order valence-corrected chi connectivity index (χ1v) is 8.87. The number of carbonyl (C=O) groups is 1. The third kappa shape index (κ3) is 4.08. The van der Waals surface area contributed by atoms with E-state index in [0.717, 1.165) is 26.2 Å². The molecule has 0 aliphatic carbocycles. The zero-order valence-electron chi connectivity index (χ0n) is 15.0. The number of likely N-dealkylation sites (tertiary alicyclic amines) is 1. The first kappa shape index (κ1) is 17.2. The summed E-state index contributed by atoms with van der Waals surface area (Å²) < 4.78 is 5.99. The van der Waals surface area contributed by atoms with Gasteiger partial charge in [0.2, 0.25) is 0 Å². The van der Waals surface area contributed by atoms with Gasteiger partial charge < -0.3 is 15.0 Å². The van der Waals surface area contributed by atoms with Gasteiger partial charge in [-0.05, 0) is 31.4 Å². The van der Waals surface area contributed by atoms with Crippen LogP contribution in [0.25, 0.3) is 0 Å². The van der Waals surface area contributed by atoms with E-state index in [1.54, 1.807) is 19.0 Å². The van der Waals surface area contributed by atoms with Gasteiger partial charge in [-0.2, -0.15) is 0 Å². The van der Waals surface area contributed by atoms with Gasteiger partial charge in [-0.15, -0.1) is 0 Å². The fourth-order valence-electron chi connectivity index (χ4n) is 3.87. The van der Waals surface area contributed by atoms with Crippen molar-refractivity contribution in [3.05, 3.63) is 35.4 Å². The summed E-state index contributed by atoms with van der Waals surface area (Å²) in [6.45, 7) is 6.78. The first-order chi connectivity index (χ1) is 11.5. The predicted molar refractivity (Wildman–Crippen MR) is 94.9 cm³/mol. The number of carbonyl (C=O) groups excluding carboxylic acids is 1.